The number of aromatic nitrogens is 2. The molecule has 0 unspecified atom stereocenters. The zero-order valence-corrected chi connectivity index (χ0v) is 9.46. The Bertz CT molecular complexity index is 506. The molecule has 0 bridgehead atoms. The number of hydrogen-bond acceptors (Lipinski definition) is 4. The minimum Gasteiger partial charge on any atom is -0.338 e. The van der Waals surface area contributed by atoms with Gasteiger partial charge in [-0.15, -0.1) is 0 Å². The predicted molar refractivity (Wildman–Crippen MR) is 55.2 cm³/mol. The van der Waals surface area contributed by atoms with E-state index in [1.807, 2.05) is 0 Å². The summed E-state index contributed by atoms with van der Waals surface area (Å²) in [5, 5.41) is 3.59. The smallest absolute Gasteiger partial charge is 0.240 e. The molecule has 2 aromatic rings. The molecule has 1 heterocycles. The van der Waals surface area contributed by atoms with E-state index in [0.29, 0.717) is 5.56 Å². The maximum absolute atomic E-state index is 13.1. The van der Waals surface area contributed by atoms with Crippen molar-refractivity contribution in [2.45, 2.75) is 6.54 Å². The molecule has 4 nitrogen and oxygen atoms in total. The Balaban J connectivity index is 2.48. The van der Waals surface area contributed by atoms with Crippen LogP contribution in [0.3, 0.4) is 0 Å². The van der Waals surface area contributed by atoms with Gasteiger partial charge in [0.15, 0.2) is 11.6 Å². The third-order valence-corrected chi connectivity index (χ3v) is 2.46. The van der Waals surface area contributed by atoms with Crippen molar-refractivity contribution >= 4 is 15.9 Å². The minimum atomic E-state index is -0.983. The Morgan fingerprint density at radius 3 is 2.69 bits per heavy atom. The zero-order valence-electron chi connectivity index (χ0n) is 7.88. The van der Waals surface area contributed by atoms with E-state index in [2.05, 4.69) is 26.1 Å². The molecule has 1 aromatic carbocycles. The molecule has 0 saturated heterocycles. The van der Waals surface area contributed by atoms with Crippen LogP contribution < -0.4 is 5.73 Å². The fourth-order valence-corrected chi connectivity index (χ4v) is 1.58. The summed E-state index contributed by atoms with van der Waals surface area (Å²) in [5.41, 5.74) is 5.60. The minimum absolute atomic E-state index is 0.00148. The molecule has 0 amide bonds. The van der Waals surface area contributed by atoms with Crippen LogP contribution in [0.4, 0.5) is 8.78 Å². The quantitative estimate of drug-likeness (QED) is 0.861. The van der Waals surface area contributed by atoms with Crippen molar-refractivity contribution in [1.82, 2.24) is 10.1 Å². The average molecular weight is 290 g/mol. The van der Waals surface area contributed by atoms with Crippen molar-refractivity contribution in [1.29, 1.82) is 0 Å². The molecule has 0 spiro atoms. The van der Waals surface area contributed by atoms with Crippen molar-refractivity contribution in [2.24, 2.45) is 5.73 Å². The lowest BCUT2D eigenvalue weighted by atomic mass is 10.2. The number of nitrogens with two attached hydrogens (primary N) is 1. The lowest BCUT2D eigenvalue weighted by molar-refractivity contribution is 0.380. The molecule has 7 heteroatoms. The molecule has 1 aromatic heterocycles. The van der Waals surface area contributed by atoms with E-state index in [4.69, 9.17) is 10.3 Å². The second kappa shape index (κ2) is 4.26. The molecule has 0 radical (unpaired) electrons. The zero-order chi connectivity index (χ0) is 11.7. The lowest BCUT2D eigenvalue weighted by Gasteiger charge is -1.99. The summed E-state index contributed by atoms with van der Waals surface area (Å²) in [5.74, 6) is -1.54. The highest BCUT2D eigenvalue weighted by Gasteiger charge is 2.13. The summed E-state index contributed by atoms with van der Waals surface area (Å²) in [7, 11) is 0. The van der Waals surface area contributed by atoms with E-state index in [1.165, 1.54) is 6.07 Å². The van der Waals surface area contributed by atoms with Gasteiger partial charge in [0.25, 0.3) is 0 Å². The third-order valence-electron chi connectivity index (χ3n) is 1.88. The number of nitrogens with zero attached hydrogens (tertiary/aromatic N) is 2. The van der Waals surface area contributed by atoms with Crippen LogP contribution in [-0.4, -0.2) is 10.1 Å². The van der Waals surface area contributed by atoms with Crippen LogP contribution >= 0.6 is 15.9 Å². The van der Waals surface area contributed by atoms with E-state index in [0.717, 1.165) is 6.07 Å². The van der Waals surface area contributed by atoms with Gasteiger partial charge in [0, 0.05) is 5.56 Å². The summed E-state index contributed by atoms with van der Waals surface area (Å²) < 4.78 is 30.9. The molecular weight excluding hydrogens is 284 g/mol. The largest absolute Gasteiger partial charge is 0.338 e. The highest BCUT2D eigenvalue weighted by atomic mass is 79.9. The number of halogens is 3. The van der Waals surface area contributed by atoms with Crippen molar-refractivity contribution in [3.05, 3.63) is 34.1 Å². The topological polar surface area (TPSA) is 64.9 Å². The van der Waals surface area contributed by atoms with Gasteiger partial charge in [-0.1, -0.05) is 5.16 Å². The van der Waals surface area contributed by atoms with E-state index in [1.54, 1.807) is 0 Å². The molecule has 2 rings (SSSR count). The first-order valence-electron chi connectivity index (χ1n) is 4.29. The maximum atomic E-state index is 13.1. The third kappa shape index (κ3) is 1.96. The molecule has 84 valence electrons. The molecule has 0 aliphatic carbocycles. The van der Waals surface area contributed by atoms with E-state index in [9.17, 15) is 8.78 Å². The van der Waals surface area contributed by atoms with Gasteiger partial charge in [0.2, 0.25) is 11.7 Å². The maximum Gasteiger partial charge on any atom is 0.240 e. The van der Waals surface area contributed by atoms with Crippen LogP contribution in [0.5, 0.6) is 0 Å². The van der Waals surface area contributed by atoms with Crippen molar-refractivity contribution in [3.63, 3.8) is 0 Å². The lowest BCUT2D eigenvalue weighted by Crippen LogP contribution is -1.96. The number of rotatable bonds is 2. The molecule has 16 heavy (non-hydrogen) atoms. The second-order valence-electron chi connectivity index (χ2n) is 2.97. The number of hydrogen-bond donors (Lipinski definition) is 1. The van der Waals surface area contributed by atoms with Crippen LogP contribution in [-0.2, 0) is 6.54 Å². The van der Waals surface area contributed by atoms with Crippen LogP contribution in [0.2, 0.25) is 0 Å². The van der Waals surface area contributed by atoms with Crippen molar-refractivity contribution in [3.8, 4) is 11.4 Å². The van der Waals surface area contributed by atoms with Crippen molar-refractivity contribution in [2.75, 3.05) is 0 Å². The Kier molecular flexibility index (Phi) is 2.97. The highest BCUT2D eigenvalue weighted by molar-refractivity contribution is 9.10. The van der Waals surface area contributed by atoms with Gasteiger partial charge < -0.3 is 10.3 Å². The molecule has 0 saturated carbocycles. The SMILES string of the molecule is NCc1nc(-c2cc(F)c(F)c(Br)c2)no1. The van der Waals surface area contributed by atoms with Gasteiger partial charge in [-0.3, -0.25) is 0 Å². The molecule has 0 aliphatic rings. The molecule has 2 N–H and O–H groups in total. The Labute approximate surface area is 97.6 Å². The summed E-state index contributed by atoms with van der Waals surface area (Å²) in [6.45, 7) is 0.0951. The Morgan fingerprint density at radius 1 is 1.38 bits per heavy atom. The standard InChI is InChI=1S/C9H6BrF2N3O/c10-5-1-4(2-6(11)8(5)12)9-14-7(3-13)16-15-9/h1-2H,3,13H2. The van der Waals surface area contributed by atoms with Crippen LogP contribution in [0.25, 0.3) is 11.4 Å². The van der Waals surface area contributed by atoms with Crippen LogP contribution in [0, 0.1) is 11.6 Å². The Morgan fingerprint density at radius 2 is 2.12 bits per heavy atom. The van der Waals surface area contributed by atoms with Gasteiger partial charge in [-0.05, 0) is 28.1 Å². The normalized spacial score (nSPS) is 10.8. The monoisotopic (exact) mass is 289 g/mol. The second-order valence-corrected chi connectivity index (χ2v) is 3.82. The first-order chi connectivity index (χ1) is 7.61. The van der Waals surface area contributed by atoms with Crippen molar-refractivity contribution < 1.29 is 13.3 Å². The molecule has 0 atom stereocenters. The average Bonchev–Trinajstić information content (AvgIpc) is 2.73. The van der Waals surface area contributed by atoms with Crippen LogP contribution in [0.1, 0.15) is 5.89 Å². The molecular formula is C9H6BrF2N3O. The molecule has 0 aliphatic heterocycles. The molecule has 0 fully saturated rings. The summed E-state index contributed by atoms with van der Waals surface area (Å²) in [4.78, 5) is 3.90. The predicted octanol–water partition coefficient (Wildman–Crippen LogP) is 2.24. The first-order valence-corrected chi connectivity index (χ1v) is 5.08. The van der Waals surface area contributed by atoms with E-state index >= 15 is 0 Å². The van der Waals surface area contributed by atoms with Gasteiger partial charge in [0.05, 0.1) is 11.0 Å². The summed E-state index contributed by atoms with van der Waals surface area (Å²) in [6, 6.07) is 2.36. The van der Waals surface area contributed by atoms with E-state index < -0.39 is 11.6 Å². The Hall–Kier alpha value is -1.34. The van der Waals surface area contributed by atoms with Gasteiger partial charge in [0.1, 0.15) is 0 Å². The number of benzene rings is 1. The fourth-order valence-electron chi connectivity index (χ4n) is 1.14. The highest BCUT2D eigenvalue weighted by Crippen LogP contribution is 2.25. The van der Waals surface area contributed by atoms with Crippen LogP contribution in [0.15, 0.2) is 21.1 Å². The first kappa shape index (κ1) is 11.2. The van der Waals surface area contributed by atoms with Gasteiger partial charge in [-0.25, -0.2) is 8.78 Å². The van der Waals surface area contributed by atoms with Gasteiger partial charge >= 0.3 is 0 Å². The summed E-state index contributed by atoms with van der Waals surface area (Å²) >= 11 is 2.89. The van der Waals surface area contributed by atoms with Gasteiger partial charge in [-0.2, -0.15) is 4.98 Å². The summed E-state index contributed by atoms with van der Waals surface area (Å²) in [6.07, 6.45) is 0. The van der Waals surface area contributed by atoms with E-state index in [-0.39, 0.29) is 22.7 Å². The fraction of sp³-hybridized carbons (Fsp3) is 0.111.